The van der Waals surface area contributed by atoms with Crippen molar-refractivity contribution in [3.8, 4) is 0 Å². The molecule has 0 amide bonds. The van der Waals surface area contributed by atoms with Gasteiger partial charge in [0.05, 0.1) is 21.0 Å². The maximum atomic E-state index is 13.7. The number of benzene rings is 3. The normalized spacial score (nSPS) is 12.8. The quantitative estimate of drug-likeness (QED) is 0.425. The minimum absolute atomic E-state index is 0.0731. The summed E-state index contributed by atoms with van der Waals surface area (Å²) < 4.78 is 55.9. The lowest BCUT2D eigenvalue weighted by atomic mass is 10.2. The summed E-state index contributed by atoms with van der Waals surface area (Å²) in [6, 6.07) is 24.5. The van der Waals surface area contributed by atoms with Crippen LogP contribution in [0.1, 0.15) is 5.69 Å². The Kier molecular flexibility index (Phi) is 5.66. The van der Waals surface area contributed by atoms with E-state index in [4.69, 9.17) is 0 Å². The van der Waals surface area contributed by atoms with E-state index in [0.29, 0.717) is 10.9 Å². The van der Waals surface area contributed by atoms with E-state index in [1.807, 2.05) is 0 Å². The van der Waals surface area contributed by atoms with E-state index >= 15 is 0 Å². The Balaban J connectivity index is 2.09. The fourth-order valence-corrected chi connectivity index (χ4v) is 6.64. The van der Waals surface area contributed by atoms with Crippen molar-refractivity contribution in [3.05, 3.63) is 103 Å². The molecule has 0 bridgehead atoms. The van der Waals surface area contributed by atoms with E-state index in [1.165, 1.54) is 30.5 Å². The highest BCUT2D eigenvalue weighted by molar-refractivity contribution is 8.00. The molecule has 4 rings (SSSR count). The summed E-state index contributed by atoms with van der Waals surface area (Å²) in [5, 5.41) is 0.620. The van der Waals surface area contributed by atoms with Crippen molar-refractivity contribution in [2.24, 2.45) is 0 Å². The van der Waals surface area contributed by atoms with Crippen LogP contribution in [-0.2, 0) is 19.9 Å². The van der Waals surface area contributed by atoms with Crippen molar-refractivity contribution in [1.29, 1.82) is 0 Å². The molecule has 164 valence electrons. The van der Waals surface area contributed by atoms with Gasteiger partial charge < -0.3 is 4.90 Å². The van der Waals surface area contributed by atoms with Crippen LogP contribution >= 0.6 is 0 Å². The number of hydrogen-bond donors (Lipinski definition) is 0. The van der Waals surface area contributed by atoms with Gasteiger partial charge in [-0.2, -0.15) is 0 Å². The zero-order valence-corrected chi connectivity index (χ0v) is 19.2. The summed E-state index contributed by atoms with van der Waals surface area (Å²) >= 11 is 0. The highest BCUT2D eigenvalue weighted by Gasteiger charge is 2.31. The highest BCUT2D eigenvalue weighted by Crippen LogP contribution is 2.35. The SMILES string of the molecule is CN(C)/C=C(/c1cc2ccccc2n1S(=O)(=O)c1ccccc1)S(=O)(=O)c1ccccc1. The number of para-hydroxylation sites is 1. The van der Waals surface area contributed by atoms with Crippen LogP contribution in [0.4, 0.5) is 0 Å². The Morgan fingerprint density at radius 2 is 1.28 bits per heavy atom. The summed E-state index contributed by atoms with van der Waals surface area (Å²) in [6.07, 6.45) is 1.44. The third-order valence-corrected chi connectivity index (χ3v) is 8.45. The number of hydrogen-bond acceptors (Lipinski definition) is 5. The number of nitrogens with zero attached hydrogens (tertiary/aromatic N) is 2. The zero-order valence-electron chi connectivity index (χ0n) is 17.6. The summed E-state index contributed by atoms with van der Waals surface area (Å²) in [5.41, 5.74) is 0.479. The summed E-state index contributed by atoms with van der Waals surface area (Å²) in [4.78, 5) is 1.64. The average Bonchev–Trinajstić information content (AvgIpc) is 3.18. The highest BCUT2D eigenvalue weighted by atomic mass is 32.2. The molecule has 32 heavy (non-hydrogen) atoms. The van der Waals surface area contributed by atoms with Gasteiger partial charge >= 0.3 is 0 Å². The number of rotatable bonds is 6. The van der Waals surface area contributed by atoms with Gasteiger partial charge in [-0.3, -0.25) is 0 Å². The second-order valence-electron chi connectivity index (χ2n) is 7.44. The van der Waals surface area contributed by atoms with Crippen molar-refractivity contribution in [3.63, 3.8) is 0 Å². The van der Waals surface area contributed by atoms with E-state index in [-0.39, 0.29) is 20.4 Å². The molecule has 0 spiro atoms. The van der Waals surface area contributed by atoms with Crippen LogP contribution < -0.4 is 0 Å². The molecule has 1 heterocycles. The van der Waals surface area contributed by atoms with Crippen molar-refractivity contribution in [2.75, 3.05) is 14.1 Å². The predicted octanol–water partition coefficient (Wildman–Crippen LogP) is 4.21. The zero-order chi connectivity index (χ0) is 22.9. The minimum atomic E-state index is -4.08. The van der Waals surface area contributed by atoms with Gasteiger partial charge in [-0.25, -0.2) is 20.8 Å². The monoisotopic (exact) mass is 466 g/mol. The smallest absolute Gasteiger partial charge is 0.268 e. The predicted molar refractivity (Wildman–Crippen MR) is 126 cm³/mol. The van der Waals surface area contributed by atoms with Gasteiger partial charge in [-0.1, -0.05) is 54.6 Å². The molecule has 0 unspecified atom stereocenters. The number of aromatic nitrogens is 1. The van der Waals surface area contributed by atoms with Crippen molar-refractivity contribution < 1.29 is 16.8 Å². The second kappa shape index (κ2) is 8.29. The van der Waals surface area contributed by atoms with E-state index in [2.05, 4.69) is 0 Å². The molecule has 0 fully saturated rings. The van der Waals surface area contributed by atoms with Crippen LogP contribution in [-0.4, -0.2) is 39.8 Å². The number of fused-ring (bicyclic) bond motifs is 1. The van der Waals surface area contributed by atoms with Crippen LogP contribution in [0, 0.1) is 0 Å². The van der Waals surface area contributed by atoms with Gasteiger partial charge in [0.25, 0.3) is 10.0 Å². The first-order valence-corrected chi connectivity index (χ1v) is 12.7. The molecule has 3 aromatic carbocycles. The maximum absolute atomic E-state index is 13.7. The van der Waals surface area contributed by atoms with E-state index in [0.717, 1.165) is 3.97 Å². The lowest BCUT2D eigenvalue weighted by molar-refractivity contribution is 0.563. The van der Waals surface area contributed by atoms with Gasteiger partial charge in [0, 0.05) is 25.7 Å². The summed E-state index contributed by atoms with van der Waals surface area (Å²) in [5.74, 6) is 0. The Morgan fingerprint density at radius 3 is 1.88 bits per heavy atom. The van der Waals surface area contributed by atoms with Crippen LogP contribution in [0.3, 0.4) is 0 Å². The molecular formula is C24H22N2O4S2. The maximum Gasteiger partial charge on any atom is 0.268 e. The topological polar surface area (TPSA) is 76.5 Å². The third-order valence-electron chi connectivity index (χ3n) is 4.92. The molecule has 1 aromatic heterocycles. The fraction of sp³-hybridized carbons (Fsp3) is 0.0833. The fourth-order valence-electron chi connectivity index (χ4n) is 3.49. The molecule has 0 saturated carbocycles. The largest absolute Gasteiger partial charge is 0.382 e. The second-order valence-corrected chi connectivity index (χ2v) is 11.1. The molecule has 0 aliphatic heterocycles. The molecule has 0 aliphatic carbocycles. The van der Waals surface area contributed by atoms with Crippen LogP contribution in [0.2, 0.25) is 0 Å². The standard InChI is InChI=1S/C24H22N2O4S2/c1-25(2)18-24(31(27,28)20-12-5-3-6-13-20)23-17-19-11-9-10-16-22(19)26(23)32(29,30)21-14-7-4-8-15-21/h3-18H,1-2H3/b24-18-. The molecule has 0 N–H and O–H groups in total. The van der Waals surface area contributed by atoms with Gasteiger partial charge in [-0.15, -0.1) is 0 Å². The molecule has 0 aliphatic rings. The van der Waals surface area contributed by atoms with Crippen LogP contribution in [0.5, 0.6) is 0 Å². The Hall–Kier alpha value is -3.36. The van der Waals surface area contributed by atoms with Gasteiger partial charge in [-0.05, 0) is 36.4 Å². The molecule has 8 heteroatoms. The summed E-state index contributed by atoms with van der Waals surface area (Å²) in [6.45, 7) is 0. The van der Waals surface area contributed by atoms with Crippen molar-refractivity contribution in [1.82, 2.24) is 8.87 Å². The molecule has 4 aromatic rings. The van der Waals surface area contributed by atoms with Gasteiger partial charge in [0.2, 0.25) is 9.84 Å². The Bertz CT molecular complexity index is 1500. The minimum Gasteiger partial charge on any atom is -0.382 e. The van der Waals surface area contributed by atoms with Crippen molar-refractivity contribution in [2.45, 2.75) is 9.79 Å². The molecule has 0 atom stereocenters. The third kappa shape index (κ3) is 3.83. The average molecular weight is 467 g/mol. The van der Waals surface area contributed by atoms with Crippen LogP contribution in [0.15, 0.2) is 107 Å². The molecular weight excluding hydrogens is 444 g/mol. The first-order valence-electron chi connectivity index (χ1n) is 9.83. The number of sulfone groups is 1. The van der Waals surface area contributed by atoms with Gasteiger partial charge in [0.15, 0.2) is 0 Å². The van der Waals surface area contributed by atoms with Crippen molar-refractivity contribution >= 4 is 35.7 Å². The molecule has 0 saturated heterocycles. The van der Waals surface area contributed by atoms with Crippen LogP contribution in [0.25, 0.3) is 15.8 Å². The molecule has 6 nitrogen and oxygen atoms in total. The van der Waals surface area contributed by atoms with E-state index in [1.54, 1.807) is 85.7 Å². The molecule has 0 radical (unpaired) electrons. The summed E-state index contributed by atoms with van der Waals surface area (Å²) in [7, 11) is -4.72. The van der Waals surface area contributed by atoms with E-state index in [9.17, 15) is 16.8 Å². The Morgan fingerprint density at radius 1 is 0.750 bits per heavy atom. The lowest BCUT2D eigenvalue weighted by Crippen LogP contribution is -2.19. The van der Waals surface area contributed by atoms with E-state index < -0.39 is 19.9 Å². The first-order chi connectivity index (χ1) is 15.2. The Labute approximate surface area is 188 Å². The first kappa shape index (κ1) is 21.9. The van der Waals surface area contributed by atoms with Gasteiger partial charge in [0.1, 0.15) is 4.91 Å². The lowest BCUT2D eigenvalue weighted by Gasteiger charge is -2.17.